The highest BCUT2D eigenvalue weighted by molar-refractivity contribution is 5.42. The first-order valence-electron chi connectivity index (χ1n) is 7.79. The molecule has 0 bridgehead atoms. The summed E-state index contributed by atoms with van der Waals surface area (Å²) >= 11 is 0. The van der Waals surface area contributed by atoms with Crippen LogP contribution in [-0.2, 0) is 6.54 Å². The maximum absolute atomic E-state index is 11.9. The molecule has 0 atom stereocenters. The third-order valence-corrected chi connectivity index (χ3v) is 3.67. The van der Waals surface area contributed by atoms with Crippen LogP contribution in [0.2, 0.25) is 0 Å². The molecule has 5 nitrogen and oxygen atoms in total. The van der Waals surface area contributed by atoms with E-state index in [9.17, 15) is 4.79 Å². The van der Waals surface area contributed by atoms with Crippen molar-refractivity contribution >= 4 is 0 Å². The lowest BCUT2D eigenvalue weighted by molar-refractivity contribution is 0.612. The number of imidazole rings is 1. The zero-order chi connectivity index (χ0) is 17.1. The molecule has 24 heavy (non-hydrogen) atoms. The number of nitrogens with zero attached hydrogens (tertiary/aromatic N) is 4. The predicted molar refractivity (Wildman–Crippen MR) is 93.2 cm³/mol. The summed E-state index contributed by atoms with van der Waals surface area (Å²) in [4.78, 5) is 16.4. The van der Waals surface area contributed by atoms with Gasteiger partial charge in [-0.3, -0.25) is 4.79 Å². The van der Waals surface area contributed by atoms with E-state index in [1.807, 2.05) is 55.8 Å². The van der Waals surface area contributed by atoms with Crippen molar-refractivity contribution in [2.45, 2.75) is 27.3 Å². The highest BCUT2D eigenvalue weighted by Crippen LogP contribution is 2.10. The topological polar surface area (TPSA) is 52.7 Å². The second-order valence-corrected chi connectivity index (χ2v) is 5.53. The number of hydrogen-bond acceptors (Lipinski definition) is 3. The summed E-state index contributed by atoms with van der Waals surface area (Å²) in [6.45, 7) is 6.35. The maximum atomic E-state index is 11.9. The van der Waals surface area contributed by atoms with Crippen LogP contribution >= 0.6 is 0 Å². The Morgan fingerprint density at radius 1 is 1.17 bits per heavy atom. The molecular weight excluding hydrogens is 300 g/mol. The van der Waals surface area contributed by atoms with Gasteiger partial charge >= 0.3 is 0 Å². The monoisotopic (exact) mass is 318 g/mol. The SMILES string of the molecule is CCn1ncc(-n2cc(C#Cc3cccc(C)c3)nc2C)cc1=O. The molecule has 0 aliphatic carbocycles. The van der Waals surface area contributed by atoms with Gasteiger partial charge in [0.1, 0.15) is 11.5 Å². The summed E-state index contributed by atoms with van der Waals surface area (Å²) < 4.78 is 3.24. The van der Waals surface area contributed by atoms with E-state index in [0.29, 0.717) is 17.9 Å². The zero-order valence-electron chi connectivity index (χ0n) is 13.9. The molecular formula is C19H18N4O. The fourth-order valence-corrected chi connectivity index (χ4v) is 2.45. The minimum absolute atomic E-state index is 0.129. The van der Waals surface area contributed by atoms with Crippen LogP contribution in [0.3, 0.4) is 0 Å². The van der Waals surface area contributed by atoms with Gasteiger partial charge in [0.05, 0.1) is 11.9 Å². The van der Waals surface area contributed by atoms with E-state index < -0.39 is 0 Å². The lowest BCUT2D eigenvalue weighted by Crippen LogP contribution is -2.21. The molecule has 0 fully saturated rings. The van der Waals surface area contributed by atoms with E-state index in [2.05, 4.69) is 21.9 Å². The van der Waals surface area contributed by atoms with Crippen molar-refractivity contribution in [3.05, 3.63) is 75.7 Å². The van der Waals surface area contributed by atoms with Gasteiger partial charge in [-0.2, -0.15) is 5.10 Å². The van der Waals surface area contributed by atoms with Gasteiger partial charge in [-0.1, -0.05) is 18.1 Å². The van der Waals surface area contributed by atoms with Gasteiger partial charge in [0.2, 0.25) is 0 Å². The average Bonchev–Trinajstić information content (AvgIpc) is 2.94. The first-order valence-corrected chi connectivity index (χ1v) is 7.79. The van der Waals surface area contributed by atoms with Crippen molar-refractivity contribution < 1.29 is 0 Å². The Bertz CT molecular complexity index is 1000. The highest BCUT2D eigenvalue weighted by atomic mass is 16.1. The summed E-state index contributed by atoms with van der Waals surface area (Å²) in [5.74, 6) is 6.95. The summed E-state index contributed by atoms with van der Waals surface area (Å²) in [6.07, 6.45) is 3.49. The van der Waals surface area contributed by atoms with Crippen LogP contribution in [0.15, 0.2) is 47.5 Å². The van der Waals surface area contributed by atoms with Gasteiger partial charge in [-0.25, -0.2) is 9.67 Å². The number of aryl methyl sites for hydroxylation is 3. The number of rotatable bonds is 2. The smallest absolute Gasteiger partial charge is 0.268 e. The standard InChI is InChI=1S/C19H18N4O/c1-4-23-19(24)11-18(12-20-23)22-13-17(21-15(22)3)9-8-16-7-5-6-14(2)10-16/h5-7,10-13H,4H2,1-3H3. The predicted octanol–water partition coefficient (Wildman–Crippen LogP) is 2.47. The molecule has 3 rings (SSSR count). The number of hydrogen-bond donors (Lipinski definition) is 0. The molecule has 0 aliphatic heterocycles. The molecule has 5 heteroatoms. The van der Waals surface area contributed by atoms with Crippen LogP contribution in [0.25, 0.3) is 5.69 Å². The molecule has 0 radical (unpaired) electrons. The molecule has 2 aromatic heterocycles. The van der Waals surface area contributed by atoms with Crippen LogP contribution in [0.1, 0.15) is 29.6 Å². The molecule has 3 aromatic rings. The Hall–Kier alpha value is -3.13. The van der Waals surface area contributed by atoms with Crippen molar-refractivity contribution in [3.8, 4) is 17.5 Å². The second kappa shape index (κ2) is 6.55. The van der Waals surface area contributed by atoms with Crippen molar-refractivity contribution in [1.29, 1.82) is 0 Å². The first-order chi connectivity index (χ1) is 11.6. The molecule has 0 unspecified atom stereocenters. The van der Waals surface area contributed by atoms with Crippen LogP contribution in [0.5, 0.6) is 0 Å². The molecule has 1 aromatic carbocycles. The number of aromatic nitrogens is 4. The molecule has 0 amide bonds. The van der Waals surface area contributed by atoms with E-state index in [1.165, 1.54) is 10.2 Å². The molecule has 120 valence electrons. The van der Waals surface area contributed by atoms with Gasteiger partial charge in [0.15, 0.2) is 0 Å². The molecule has 0 spiro atoms. The molecule has 0 aliphatic rings. The van der Waals surface area contributed by atoms with E-state index in [1.54, 1.807) is 12.3 Å². The van der Waals surface area contributed by atoms with Gasteiger partial charge in [-0.05, 0) is 44.4 Å². The Labute approximate surface area is 140 Å². The summed E-state index contributed by atoms with van der Waals surface area (Å²) in [5.41, 5.74) is 3.35. The molecule has 0 saturated carbocycles. The largest absolute Gasteiger partial charge is 0.301 e. The van der Waals surface area contributed by atoms with Gasteiger partial charge < -0.3 is 4.57 Å². The van der Waals surface area contributed by atoms with Gasteiger partial charge in [0.25, 0.3) is 5.56 Å². The third-order valence-electron chi connectivity index (χ3n) is 3.67. The minimum Gasteiger partial charge on any atom is -0.301 e. The van der Waals surface area contributed by atoms with Gasteiger partial charge in [-0.15, -0.1) is 0 Å². The lowest BCUT2D eigenvalue weighted by atomic mass is 10.1. The van der Waals surface area contributed by atoms with E-state index in [0.717, 1.165) is 11.4 Å². The zero-order valence-corrected chi connectivity index (χ0v) is 13.9. The quantitative estimate of drug-likeness (QED) is 0.682. The second-order valence-electron chi connectivity index (χ2n) is 5.53. The Kier molecular flexibility index (Phi) is 4.30. The van der Waals surface area contributed by atoms with Crippen molar-refractivity contribution in [1.82, 2.24) is 19.3 Å². The summed E-state index contributed by atoms with van der Waals surface area (Å²) in [7, 11) is 0. The van der Waals surface area contributed by atoms with E-state index in [-0.39, 0.29) is 5.56 Å². The number of benzene rings is 1. The Morgan fingerprint density at radius 2 is 2.00 bits per heavy atom. The van der Waals surface area contributed by atoms with Crippen LogP contribution in [0, 0.1) is 25.7 Å². The third kappa shape index (κ3) is 3.28. The van der Waals surface area contributed by atoms with Crippen molar-refractivity contribution in [2.75, 3.05) is 0 Å². The van der Waals surface area contributed by atoms with Crippen LogP contribution < -0.4 is 5.56 Å². The lowest BCUT2D eigenvalue weighted by Gasteiger charge is -2.05. The Balaban J connectivity index is 1.94. The molecule has 0 saturated heterocycles. The first kappa shape index (κ1) is 15.8. The highest BCUT2D eigenvalue weighted by Gasteiger charge is 2.06. The molecule has 2 heterocycles. The van der Waals surface area contributed by atoms with E-state index >= 15 is 0 Å². The van der Waals surface area contributed by atoms with E-state index in [4.69, 9.17) is 0 Å². The average molecular weight is 318 g/mol. The van der Waals surface area contributed by atoms with Crippen LogP contribution in [0.4, 0.5) is 0 Å². The van der Waals surface area contributed by atoms with Gasteiger partial charge in [0, 0.05) is 24.4 Å². The fourth-order valence-electron chi connectivity index (χ4n) is 2.45. The van der Waals surface area contributed by atoms with Crippen molar-refractivity contribution in [2.24, 2.45) is 0 Å². The van der Waals surface area contributed by atoms with Crippen molar-refractivity contribution in [3.63, 3.8) is 0 Å². The molecule has 0 N–H and O–H groups in total. The normalized spacial score (nSPS) is 10.3. The summed E-state index contributed by atoms with van der Waals surface area (Å²) in [5, 5.41) is 4.15. The summed E-state index contributed by atoms with van der Waals surface area (Å²) in [6, 6.07) is 9.58. The minimum atomic E-state index is -0.129. The van der Waals surface area contributed by atoms with Crippen LogP contribution in [-0.4, -0.2) is 19.3 Å². The fraction of sp³-hybridized carbons (Fsp3) is 0.211. The maximum Gasteiger partial charge on any atom is 0.268 e. The Morgan fingerprint density at radius 3 is 2.71 bits per heavy atom.